The van der Waals surface area contributed by atoms with Gasteiger partial charge < -0.3 is 14.2 Å². The van der Waals surface area contributed by atoms with Crippen LogP contribution in [0.5, 0.6) is 0 Å². The molecule has 4 atom stereocenters. The second-order valence-electron chi connectivity index (χ2n) is 8.77. The van der Waals surface area contributed by atoms with E-state index in [-0.39, 0.29) is 6.42 Å². The Bertz CT molecular complexity index is 600. The Balaban J connectivity index is 2.35. The lowest BCUT2D eigenvalue weighted by atomic mass is 9.97. The largest absolute Gasteiger partial charge is 0.460 e. The zero-order valence-corrected chi connectivity index (χ0v) is 16.4. The highest BCUT2D eigenvalue weighted by atomic mass is 16.6. The minimum Gasteiger partial charge on any atom is -0.460 e. The summed E-state index contributed by atoms with van der Waals surface area (Å²) in [4.78, 5) is 39.1. The Hall–Kier alpha value is -2.05. The highest BCUT2D eigenvalue weighted by Crippen LogP contribution is 2.41. The third kappa shape index (κ3) is 4.37. The van der Waals surface area contributed by atoms with E-state index in [9.17, 15) is 14.4 Å². The number of nitrogens with zero attached hydrogens (tertiary/aromatic N) is 1. The first-order valence-corrected chi connectivity index (χ1v) is 8.89. The van der Waals surface area contributed by atoms with Crippen molar-refractivity contribution in [2.75, 3.05) is 0 Å². The van der Waals surface area contributed by atoms with E-state index >= 15 is 0 Å². The number of fused-ring (bicyclic) bond motifs is 1. The highest BCUT2D eigenvalue weighted by Gasteiger charge is 2.59. The molecule has 2 heterocycles. The molecule has 2 rings (SSSR count). The molecular formula is C19H29NO6. The standard InChI is InChI=1S/C19H29NO6/c1-8-9-13-14-11(15(21)24-13)10-12(16(22)25-18(2,3)4)20(14)17(23)26-19(5,6)7/h8,11-14H,1,9-10H2,2-7H3/t11-,12+,13+,14+/m1/s1. The lowest BCUT2D eigenvalue weighted by molar-refractivity contribution is -0.161. The molecular weight excluding hydrogens is 338 g/mol. The molecule has 2 aliphatic heterocycles. The fourth-order valence-corrected chi connectivity index (χ4v) is 3.37. The average molecular weight is 367 g/mol. The van der Waals surface area contributed by atoms with Crippen molar-refractivity contribution in [2.45, 2.75) is 83.8 Å². The number of cyclic esters (lactones) is 1. The summed E-state index contributed by atoms with van der Waals surface area (Å²) in [6, 6.07) is -1.44. The van der Waals surface area contributed by atoms with E-state index in [0.717, 1.165) is 0 Å². The van der Waals surface area contributed by atoms with E-state index in [4.69, 9.17) is 14.2 Å². The van der Waals surface area contributed by atoms with E-state index < -0.39 is 53.3 Å². The SMILES string of the molecule is C=CC[C@@H]1OC(=O)[C@@H]2C[C@@H](C(=O)OC(C)(C)C)N(C(=O)OC(C)(C)C)[C@H]12. The number of carbonyl (C=O) groups is 3. The van der Waals surface area contributed by atoms with E-state index in [2.05, 4.69) is 6.58 Å². The predicted molar refractivity (Wildman–Crippen MR) is 94.3 cm³/mol. The monoisotopic (exact) mass is 367 g/mol. The first-order chi connectivity index (χ1) is 11.8. The molecule has 26 heavy (non-hydrogen) atoms. The fourth-order valence-electron chi connectivity index (χ4n) is 3.37. The minimum atomic E-state index is -0.876. The van der Waals surface area contributed by atoms with Crippen LogP contribution >= 0.6 is 0 Å². The Morgan fingerprint density at radius 2 is 1.77 bits per heavy atom. The van der Waals surface area contributed by atoms with Gasteiger partial charge in [-0.15, -0.1) is 6.58 Å². The number of rotatable bonds is 3. The van der Waals surface area contributed by atoms with Gasteiger partial charge in [-0.3, -0.25) is 9.69 Å². The van der Waals surface area contributed by atoms with Gasteiger partial charge in [-0.05, 0) is 48.0 Å². The van der Waals surface area contributed by atoms with Gasteiger partial charge in [0.15, 0.2) is 0 Å². The van der Waals surface area contributed by atoms with Gasteiger partial charge in [-0.25, -0.2) is 9.59 Å². The van der Waals surface area contributed by atoms with Crippen LogP contribution in [0.1, 0.15) is 54.4 Å². The Morgan fingerprint density at radius 1 is 1.19 bits per heavy atom. The van der Waals surface area contributed by atoms with Crippen LogP contribution < -0.4 is 0 Å². The van der Waals surface area contributed by atoms with Gasteiger partial charge in [0, 0.05) is 6.42 Å². The quantitative estimate of drug-likeness (QED) is 0.433. The van der Waals surface area contributed by atoms with E-state index in [0.29, 0.717) is 6.42 Å². The molecule has 1 amide bonds. The second-order valence-corrected chi connectivity index (χ2v) is 8.77. The van der Waals surface area contributed by atoms with Crippen molar-refractivity contribution in [3.63, 3.8) is 0 Å². The van der Waals surface area contributed by atoms with Gasteiger partial charge in [0.1, 0.15) is 23.3 Å². The average Bonchev–Trinajstić information content (AvgIpc) is 2.95. The molecule has 2 fully saturated rings. The van der Waals surface area contributed by atoms with Crippen LogP contribution in [-0.4, -0.2) is 52.3 Å². The minimum absolute atomic E-state index is 0.172. The normalized spacial score (nSPS) is 28.4. The Morgan fingerprint density at radius 3 is 2.27 bits per heavy atom. The zero-order valence-electron chi connectivity index (χ0n) is 16.4. The molecule has 0 bridgehead atoms. The van der Waals surface area contributed by atoms with E-state index in [1.54, 1.807) is 47.6 Å². The summed E-state index contributed by atoms with van der Waals surface area (Å²) in [6.45, 7) is 14.2. The lowest BCUT2D eigenvalue weighted by Gasteiger charge is -2.33. The molecule has 0 aromatic carbocycles. The summed E-state index contributed by atoms with van der Waals surface area (Å²) in [7, 11) is 0. The summed E-state index contributed by atoms with van der Waals surface area (Å²) >= 11 is 0. The van der Waals surface area contributed by atoms with Gasteiger partial charge in [0.05, 0.1) is 12.0 Å². The fraction of sp³-hybridized carbons (Fsp3) is 0.737. The summed E-state index contributed by atoms with van der Waals surface area (Å²) in [5.41, 5.74) is -1.43. The van der Waals surface area contributed by atoms with Gasteiger partial charge in [0.2, 0.25) is 0 Å². The van der Waals surface area contributed by atoms with Gasteiger partial charge >= 0.3 is 18.0 Å². The molecule has 146 valence electrons. The van der Waals surface area contributed by atoms with Crippen LogP contribution in [0.3, 0.4) is 0 Å². The number of amides is 1. The van der Waals surface area contributed by atoms with Crippen molar-refractivity contribution in [3.05, 3.63) is 12.7 Å². The molecule has 2 aliphatic rings. The molecule has 0 aromatic heterocycles. The maximum Gasteiger partial charge on any atom is 0.411 e. The number of ether oxygens (including phenoxy) is 3. The third-order valence-electron chi connectivity index (χ3n) is 4.18. The highest BCUT2D eigenvalue weighted by molar-refractivity contribution is 5.87. The van der Waals surface area contributed by atoms with E-state index in [1.807, 2.05) is 0 Å². The molecule has 0 aliphatic carbocycles. The zero-order chi connectivity index (χ0) is 19.9. The first kappa shape index (κ1) is 20.3. The van der Waals surface area contributed by atoms with Gasteiger partial charge in [-0.2, -0.15) is 0 Å². The molecule has 2 saturated heterocycles. The molecule has 0 radical (unpaired) electrons. The summed E-state index contributed by atoms with van der Waals surface area (Å²) in [5, 5.41) is 0. The van der Waals surface area contributed by atoms with Crippen molar-refractivity contribution >= 4 is 18.0 Å². The summed E-state index contributed by atoms with van der Waals surface area (Å²) in [5.74, 6) is -1.51. The maximum atomic E-state index is 12.8. The van der Waals surface area contributed by atoms with Crippen LogP contribution in [-0.2, 0) is 23.8 Å². The molecule has 0 spiro atoms. The van der Waals surface area contributed by atoms with Crippen LogP contribution in [0.25, 0.3) is 0 Å². The van der Waals surface area contributed by atoms with Crippen LogP contribution in [0.15, 0.2) is 12.7 Å². The Labute approximate surface area is 154 Å². The molecule has 7 nitrogen and oxygen atoms in total. The second kappa shape index (κ2) is 6.93. The molecule has 0 unspecified atom stereocenters. The van der Waals surface area contributed by atoms with Crippen molar-refractivity contribution in [3.8, 4) is 0 Å². The van der Waals surface area contributed by atoms with Gasteiger partial charge in [0.25, 0.3) is 0 Å². The van der Waals surface area contributed by atoms with Crippen molar-refractivity contribution < 1.29 is 28.6 Å². The van der Waals surface area contributed by atoms with Crippen molar-refractivity contribution in [1.29, 1.82) is 0 Å². The van der Waals surface area contributed by atoms with Gasteiger partial charge in [-0.1, -0.05) is 6.08 Å². The first-order valence-electron chi connectivity index (χ1n) is 8.89. The molecule has 0 N–H and O–H groups in total. The number of likely N-dealkylation sites (tertiary alicyclic amines) is 1. The van der Waals surface area contributed by atoms with E-state index in [1.165, 1.54) is 4.90 Å². The smallest absolute Gasteiger partial charge is 0.411 e. The van der Waals surface area contributed by atoms with Crippen molar-refractivity contribution in [1.82, 2.24) is 4.90 Å². The van der Waals surface area contributed by atoms with Crippen LogP contribution in [0.2, 0.25) is 0 Å². The Kier molecular flexibility index (Phi) is 5.40. The lowest BCUT2D eigenvalue weighted by Crippen LogP contribution is -2.51. The summed E-state index contributed by atoms with van der Waals surface area (Å²) < 4.78 is 16.4. The number of hydrogen-bond donors (Lipinski definition) is 0. The molecule has 0 aromatic rings. The topological polar surface area (TPSA) is 82.1 Å². The number of hydrogen-bond acceptors (Lipinski definition) is 6. The van der Waals surface area contributed by atoms with Crippen molar-refractivity contribution in [2.24, 2.45) is 5.92 Å². The molecule has 7 heteroatoms. The third-order valence-corrected chi connectivity index (χ3v) is 4.18. The van der Waals surface area contributed by atoms with Crippen LogP contribution in [0, 0.1) is 5.92 Å². The number of esters is 2. The number of carbonyl (C=O) groups excluding carboxylic acids is 3. The summed E-state index contributed by atoms with van der Waals surface area (Å²) in [6.07, 6.45) is 1.02. The predicted octanol–water partition coefficient (Wildman–Crippen LogP) is 2.82. The molecule has 0 saturated carbocycles. The van der Waals surface area contributed by atoms with Crippen LogP contribution in [0.4, 0.5) is 4.79 Å². The maximum absolute atomic E-state index is 12.8.